The lowest BCUT2D eigenvalue weighted by molar-refractivity contribution is -0.00550. The van der Waals surface area contributed by atoms with Gasteiger partial charge in [-0.1, -0.05) is 42.6 Å². The molecule has 1 unspecified atom stereocenters. The Morgan fingerprint density at radius 2 is 1.24 bits per heavy atom. The van der Waals surface area contributed by atoms with Gasteiger partial charge >= 0.3 is 0 Å². The molecule has 21 heavy (non-hydrogen) atoms. The van der Waals surface area contributed by atoms with Gasteiger partial charge in [-0.05, 0) is 18.8 Å². The van der Waals surface area contributed by atoms with Gasteiger partial charge < -0.3 is 18.9 Å². The molecule has 0 radical (unpaired) electrons. The minimum Gasteiger partial charge on any atom is -0.379 e. The van der Waals surface area contributed by atoms with Crippen molar-refractivity contribution in [2.75, 3.05) is 58.2 Å². The lowest BCUT2D eigenvalue weighted by Crippen LogP contribution is -2.15. The largest absolute Gasteiger partial charge is 0.379 e. The molecule has 0 rings (SSSR count). The quantitative estimate of drug-likeness (QED) is 0.290. The van der Waals surface area contributed by atoms with Crippen LogP contribution in [0.5, 0.6) is 0 Å². The fourth-order valence-electron chi connectivity index (χ4n) is 1.77. The van der Waals surface area contributed by atoms with Crippen molar-refractivity contribution in [1.29, 1.82) is 0 Å². The fourth-order valence-corrected chi connectivity index (χ4v) is 2.28. The van der Waals surface area contributed by atoms with E-state index in [1.54, 1.807) is 0 Å². The van der Waals surface area contributed by atoms with E-state index < -0.39 is 0 Å². The van der Waals surface area contributed by atoms with Gasteiger partial charge in [0.05, 0.1) is 46.2 Å². The predicted molar refractivity (Wildman–Crippen MR) is 90.4 cm³/mol. The van der Waals surface area contributed by atoms with Crippen LogP contribution in [-0.2, 0) is 18.9 Å². The zero-order chi connectivity index (χ0) is 15.6. The molecule has 0 spiro atoms. The van der Waals surface area contributed by atoms with Gasteiger partial charge in [0.1, 0.15) is 0 Å². The zero-order valence-corrected chi connectivity index (χ0v) is 15.4. The first kappa shape index (κ1) is 21.3. The third kappa shape index (κ3) is 16.5. The van der Waals surface area contributed by atoms with Crippen LogP contribution < -0.4 is 0 Å². The van der Waals surface area contributed by atoms with Gasteiger partial charge in [0.15, 0.2) is 0 Å². The number of hydrogen-bond acceptors (Lipinski definition) is 4. The maximum atomic E-state index is 5.61. The second-order valence-corrected chi connectivity index (χ2v) is 5.72. The molecular weight excluding hydrogens is 336 g/mol. The molecule has 0 aromatic heterocycles. The first-order valence-corrected chi connectivity index (χ1v) is 9.34. The second-order valence-electron chi connectivity index (χ2n) is 5.07. The molecule has 0 aliphatic heterocycles. The van der Waals surface area contributed by atoms with Gasteiger partial charge in [0, 0.05) is 11.9 Å². The molecule has 0 aliphatic rings. The van der Waals surface area contributed by atoms with Crippen molar-refractivity contribution in [2.45, 2.75) is 39.5 Å². The second kappa shape index (κ2) is 18.4. The van der Waals surface area contributed by atoms with E-state index in [4.69, 9.17) is 18.9 Å². The lowest BCUT2D eigenvalue weighted by Gasteiger charge is -2.13. The van der Waals surface area contributed by atoms with E-state index in [1.807, 2.05) is 0 Å². The highest BCUT2D eigenvalue weighted by Gasteiger charge is 2.05. The summed E-state index contributed by atoms with van der Waals surface area (Å²) in [5, 5.41) is 1.01. The fraction of sp³-hybridized carbons (Fsp3) is 1.00. The molecule has 128 valence electrons. The molecule has 5 heteroatoms. The molecule has 0 aliphatic carbocycles. The maximum absolute atomic E-state index is 5.61. The predicted octanol–water partition coefficient (Wildman–Crippen LogP) is 3.66. The normalized spacial score (nSPS) is 12.7. The van der Waals surface area contributed by atoms with Crippen molar-refractivity contribution < 1.29 is 18.9 Å². The van der Waals surface area contributed by atoms with Gasteiger partial charge in [-0.3, -0.25) is 0 Å². The number of halogens is 1. The summed E-state index contributed by atoms with van der Waals surface area (Å²) in [6.45, 7) is 9.87. The Balaban J connectivity index is 3.08. The Bertz CT molecular complexity index is 193. The molecule has 0 N–H and O–H groups in total. The van der Waals surface area contributed by atoms with Crippen molar-refractivity contribution in [1.82, 2.24) is 0 Å². The third-order valence-corrected chi connectivity index (χ3v) is 3.94. The topological polar surface area (TPSA) is 36.9 Å². The van der Waals surface area contributed by atoms with E-state index in [2.05, 4.69) is 29.8 Å². The molecule has 0 saturated heterocycles. The highest BCUT2D eigenvalue weighted by Crippen LogP contribution is 2.09. The monoisotopic (exact) mass is 368 g/mol. The summed E-state index contributed by atoms with van der Waals surface area (Å²) >= 11 is 3.52. The third-order valence-electron chi connectivity index (χ3n) is 3.03. The Labute approximate surface area is 139 Å². The number of ether oxygens (including phenoxy) is 4. The lowest BCUT2D eigenvalue weighted by atomic mass is 10.1. The summed E-state index contributed by atoms with van der Waals surface area (Å²) in [6, 6.07) is 0. The average molecular weight is 369 g/mol. The number of alkyl halides is 1. The Morgan fingerprint density at radius 1 is 0.714 bits per heavy atom. The van der Waals surface area contributed by atoms with Crippen LogP contribution in [-0.4, -0.2) is 58.2 Å². The minimum atomic E-state index is 0.617. The van der Waals surface area contributed by atoms with Crippen molar-refractivity contribution in [2.24, 2.45) is 5.92 Å². The van der Waals surface area contributed by atoms with Crippen molar-refractivity contribution in [3.05, 3.63) is 0 Å². The molecule has 0 aromatic rings. The van der Waals surface area contributed by atoms with E-state index in [9.17, 15) is 0 Å². The molecule has 1 atom stereocenters. The summed E-state index contributed by atoms with van der Waals surface area (Å²) in [5.74, 6) is 0.617. The number of rotatable bonds is 17. The van der Waals surface area contributed by atoms with Gasteiger partial charge in [-0.15, -0.1) is 0 Å². The first-order chi connectivity index (χ1) is 10.3. The van der Waals surface area contributed by atoms with E-state index >= 15 is 0 Å². The first-order valence-electron chi connectivity index (χ1n) is 8.22. The van der Waals surface area contributed by atoms with Gasteiger partial charge in [-0.2, -0.15) is 0 Å². The average Bonchev–Trinajstić information content (AvgIpc) is 2.50. The summed E-state index contributed by atoms with van der Waals surface area (Å²) in [4.78, 5) is 0. The molecule has 0 saturated carbocycles. The standard InChI is InChI=1S/C16H33BrO4/c1-3-5-7-18-8-9-19-10-11-20-12-13-21-15-16(14-17)6-4-2/h16H,3-15H2,1-2H3. The van der Waals surface area contributed by atoms with E-state index in [0.717, 1.165) is 25.0 Å². The van der Waals surface area contributed by atoms with Crippen molar-refractivity contribution in [3.63, 3.8) is 0 Å². The zero-order valence-electron chi connectivity index (χ0n) is 13.8. The molecule has 0 amide bonds. The van der Waals surface area contributed by atoms with E-state index in [1.165, 1.54) is 19.3 Å². The van der Waals surface area contributed by atoms with Crippen LogP contribution >= 0.6 is 15.9 Å². The SMILES string of the molecule is CCCCOCCOCCOCCOCC(CBr)CCC. The summed E-state index contributed by atoms with van der Waals surface area (Å²) in [5.41, 5.74) is 0. The molecule has 0 heterocycles. The Hall–Kier alpha value is 0.320. The van der Waals surface area contributed by atoms with Crippen LogP contribution in [0.4, 0.5) is 0 Å². The summed E-state index contributed by atoms with van der Waals surface area (Å²) in [7, 11) is 0. The Kier molecular flexibility index (Phi) is 18.6. The van der Waals surface area contributed by atoms with Crippen molar-refractivity contribution >= 4 is 15.9 Å². The van der Waals surface area contributed by atoms with Crippen LogP contribution in [0.2, 0.25) is 0 Å². The van der Waals surface area contributed by atoms with Crippen LogP contribution in [0, 0.1) is 5.92 Å². The van der Waals surface area contributed by atoms with Gasteiger partial charge in [0.25, 0.3) is 0 Å². The van der Waals surface area contributed by atoms with Crippen LogP contribution in [0.1, 0.15) is 39.5 Å². The molecule has 4 nitrogen and oxygen atoms in total. The number of unbranched alkanes of at least 4 members (excludes halogenated alkanes) is 1. The maximum Gasteiger partial charge on any atom is 0.0701 e. The van der Waals surface area contributed by atoms with E-state index in [0.29, 0.717) is 45.6 Å². The minimum absolute atomic E-state index is 0.617. The van der Waals surface area contributed by atoms with Crippen LogP contribution in [0.25, 0.3) is 0 Å². The van der Waals surface area contributed by atoms with Crippen LogP contribution in [0.3, 0.4) is 0 Å². The highest BCUT2D eigenvalue weighted by molar-refractivity contribution is 9.09. The molecule has 0 aromatic carbocycles. The number of hydrogen-bond donors (Lipinski definition) is 0. The van der Waals surface area contributed by atoms with Crippen LogP contribution in [0.15, 0.2) is 0 Å². The van der Waals surface area contributed by atoms with Crippen molar-refractivity contribution in [3.8, 4) is 0 Å². The summed E-state index contributed by atoms with van der Waals surface area (Å²) < 4.78 is 21.9. The molecular formula is C16H33BrO4. The Morgan fingerprint density at radius 3 is 1.71 bits per heavy atom. The summed E-state index contributed by atoms with van der Waals surface area (Å²) in [6.07, 6.45) is 4.71. The molecule has 0 bridgehead atoms. The van der Waals surface area contributed by atoms with Gasteiger partial charge in [0.2, 0.25) is 0 Å². The van der Waals surface area contributed by atoms with E-state index in [-0.39, 0.29) is 0 Å². The molecule has 0 fully saturated rings. The smallest absolute Gasteiger partial charge is 0.0701 e. The van der Waals surface area contributed by atoms with Gasteiger partial charge in [-0.25, -0.2) is 0 Å². The highest BCUT2D eigenvalue weighted by atomic mass is 79.9.